The molecule has 0 saturated heterocycles. The third-order valence-electron chi connectivity index (χ3n) is 5.83. The molecule has 31 heavy (non-hydrogen) atoms. The number of nitrogen functional groups attached to an aromatic ring is 1. The summed E-state index contributed by atoms with van der Waals surface area (Å²) in [6.45, 7) is 1.02. The van der Waals surface area contributed by atoms with Gasteiger partial charge in [-0.05, 0) is 59.3 Å². The van der Waals surface area contributed by atoms with Gasteiger partial charge in [0.05, 0.1) is 28.9 Å². The molecule has 0 atom stereocenters. The number of nitrogens with two attached hydrogens (primary N) is 1. The number of ether oxygens (including phenoxy) is 2. The summed E-state index contributed by atoms with van der Waals surface area (Å²) in [5, 5.41) is 13.7. The van der Waals surface area contributed by atoms with Gasteiger partial charge in [-0.25, -0.2) is 4.98 Å². The van der Waals surface area contributed by atoms with Gasteiger partial charge in [-0.3, -0.25) is 4.79 Å². The lowest BCUT2D eigenvalue weighted by atomic mass is 9.80. The van der Waals surface area contributed by atoms with Crippen molar-refractivity contribution < 1.29 is 19.4 Å². The first kappa shape index (κ1) is 21.6. The van der Waals surface area contributed by atoms with Gasteiger partial charge in [-0.15, -0.1) is 0 Å². The first-order valence-electron chi connectivity index (χ1n) is 10.3. The number of carboxylic acids is 1. The van der Waals surface area contributed by atoms with Crippen molar-refractivity contribution in [2.24, 2.45) is 5.92 Å². The molecule has 2 heterocycles. The van der Waals surface area contributed by atoms with Crippen molar-refractivity contribution in [3.8, 4) is 16.9 Å². The number of aliphatic carboxylic acids is 1. The summed E-state index contributed by atoms with van der Waals surface area (Å²) in [5.41, 5.74) is 9.77. The quantitative estimate of drug-likeness (QED) is 0.480. The summed E-state index contributed by atoms with van der Waals surface area (Å²) in [6, 6.07) is 7.75. The van der Waals surface area contributed by atoms with Crippen LogP contribution in [0, 0.1) is 5.92 Å². The molecule has 1 saturated carbocycles. The number of benzene rings is 1. The van der Waals surface area contributed by atoms with E-state index in [0.717, 1.165) is 39.9 Å². The average Bonchev–Trinajstić information content (AvgIpc) is 3.21. The molecule has 0 unspecified atom stereocenters. The lowest BCUT2D eigenvalue weighted by molar-refractivity contribution is -0.142. The Balaban J connectivity index is 1.64. The van der Waals surface area contributed by atoms with Crippen LogP contribution in [-0.2, 0) is 9.53 Å². The number of anilines is 1. The zero-order chi connectivity index (χ0) is 22.0. The van der Waals surface area contributed by atoms with Crippen molar-refractivity contribution in [2.75, 3.05) is 26.1 Å². The number of methoxy groups -OCH3 is 1. The highest BCUT2D eigenvalue weighted by Gasteiger charge is 2.30. The van der Waals surface area contributed by atoms with Gasteiger partial charge in [0.2, 0.25) is 0 Å². The number of fused-ring (bicyclic) bond motifs is 1. The highest BCUT2D eigenvalue weighted by Crippen LogP contribution is 2.40. The standard InChI is InChI=1S/C22H25BrN4O4/c1-30-10-11-31-16-8-6-13(7-9-16)17-12-25-27-20(24)18(23)19(26-21(17)27)14-2-4-15(5-3-14)22(28)29/h6-9,12,14-15H,2-5,10-11,24H2,1H3,(H,28,29). The minimum atomic E-state index is -0.715. The largest absolute Gasteiger partial charge is 0.491 e. The molecular formula is C22H25BrN4O4. The Bertz CT molecular complexity index is 1080. The van der Waals surface area contributed by atoms with Crippen molar-refractivity contribution in [2.45, 2.75) is 31.6 Å². The molecule has 1 aliphatic carbocycles. The van der Waals surface area contributed by atoms with Crippen LogP contribution in [0.15, 0.2) is 34.9 Å². The predicted molar refractivity (Wildman–Crippen MR) is 120 cm³/mol. The van der Waals surface area contributed by atoms with E-state index in [1.54, 1.807) is 17.8 Å². The van der Waals surface area contributed by atoms with Gasteiger partial charge in [0.15, 0.2) is 5.65 Å². The van der Waals surface area contributed by atoms with Crippen molar-refractivity contribution in [3.05, 3.63) is 40.6 Å². The Labute approximate surface area is 188 Å². The van der Waals surface area contributed by atoms with Gasteiger partial charge in [-0.2, -0.15) is 9.61 Å². The number of carbonyl (C=O) groups is 1. The van der Waals surface area contributed by atoms with Crippen LogP contribution in [0.1, 0.15) is 37.3 Å². The van der Waals surface area contributed by atoms with E-state index in [1.807, 2.05) is 24.3 Å². The Morgan fingerprint density at radius 1 is 1.23 bits per heavy atom. The minimum absolute atomic E-state index is 0.164. The van der Waals surface area contributed by atoms with E-state index >= 15 is 0 Å². The second kappa shape index (κ2) is 9.23. The smallest absolute Gasteiger partial charge is 0.306 e. The van der Waals surface area contributed by atoms with Crippen LogP contribution < -0.4 is 10.5 Å². The number of rotatable bonds is 7. The lowest BCUT2D eigenvalue weighted by Crippen LogP contribution is -2.21. The molecule has 3 N–H and O–H groups in total. The molecule has 1 aliphatic rings. The van der Waals surface area contributed by atoms with Gasteiger partial charge in [0, 0.05) is 18.6 Å². The Morgan fingerprint density at radius 2 is 1.94 bits per heavy atom. The molecule has 0 bridgehead atoms. The summed E-state index contributed by atoms with van der Waals surface area (Å²) < 4.78 is 13.0. The molecule has 2 aromatic heterocycles. The number of halogens is 1. The van der Waals surface area contributed by atoms with Crippen molar-refractivity contribution >= 4 is 33.4 Å². The number of carboxylic acid groups (broad SMARTS) is 1. The van der Waals surface area contributed by atoms with Crippen LogP contribution in [0.25, 0.3) is 16.8 Å². The molecule has 164 valence electrons. The van der Waals surface area contributed by atoms with E-state index in [4.69, 9.17) is 20.2 Å². The molecule has 0 radical (unpaired) electrons. The average molecular weight is 489 g/mol. The highest BCUT2D eigenvalue weighted by atomic mass is 79.9. The molecular weight excluding hydrogens is 464 g/mol. The number of hydrogen-bond acceptors (Lipinski definition) is 6. The highest BCUT2D eigenvalue weighted by molar-refractivity contribution is 9.10. The topological polar surface area (TPSA) is 112 Å². The van der Waals surface area contributed by atoms with Crippen LogP contribution in [0.3, 0.4) is 0 Å². The SMILES string of the molecule is COCCOc1ccc(-c2cnn3c(N)c(Br)c(C4CCC(C(=O)O)CC4)nc23)cc1. The first-order valence-corrected chi connectivity index (χ1v) is 11.1. The maximum Gasteiger partial charge on any atom is 0.306 e. The van der Waals surface area contributed by atoms with Crippen LogP contribution in [-0.4, -0.2) is 46.0 Å². The number of aromatic nitrogens is 3. The van der Waals surface area contributed by atoms with Crippen LogP contribution in [0.2, 0.25) is 0 Å². The van der Waals surface area contributed by atoms with Crippen molar-refractivity contribution in [1.82, 2.24) is 14.6 Å². The van der Waals surface area contributed by atoms with E-state index in [1.165, 1.54) is 0 Å². The molecule has 1 fully saturated rings. The Kier molecular flexibility index (Phi) is 6.43. The van der Waals surface area contributed by atoms with E-state index in [-0.39, 0.29) is 11.8 Å². The fourth-order valence-corrected chi connectivity index (χ4v) is 4.66. The summed E-state index contributed by atoms with van der Waals surface area (Å²) in [4.78, 5) is 16.2. The van der Waals surface area contributed by atoms with E-state index in [2.05, 4.69) is 21.0 Å². The number of nitrogens with zero attached hydrogens (tertiary/aromatic N) is 3. The van der Waals surface area contributed by atoms with Gasteiger partial charge in [0.1, 0.15) is 18.2 Å². The molecule has 0 amide bonds. The maximum atomic E-state index is 11.3. The summed E-state index contributed by atoms with van der Waals surface area (Å²) in [6.07, 6.45) is 4.60. The third kappa shape index (κ3) is 4.38. The van der Waals surface area contributed by atoms with Crippen LogP contribution in [0.4, 0.5) is 5.82 Å². The normalized spacial score (nSPS) is 18.9. The van der Waals surface area contributed by atoms with Gasteiger partial charge < -0.3 is 20.3 Å². The van der Waals surface area contributed by atoms with Crippen LogP contribution >= 0.6 is 15.9 Å². The Hall–Kier alpha value is -2.65. The fourth-order valence-electron chi connectivity index (χ4n) is 4.07. The zero-order valence-corrected chi connectivity index (χ0v) is 18.8. The van der Waals surface area contributed by atoms with Gasteiger partial charge >= 0.3 is 5.97 Å². The second-order valence-electron chi connectivity index (χ2n) is 7.74. The van der Waals surface area contributed by atoms with Crippen LogP contribution in [0.5, 0.6) is 5.75 Å². The number of hydrogen-bond donors (Lipinski definition) is 2. The molecule has 0 spiro atoms. The second-order valence-corrected chi connectivity index (χ2v) is 8.54. The molecule has 9 heteroatoms. The van der Waals surface area contributed by atoms with E-state index in [9.17, 15) is 9.90 Å². The molecule has 3 aromatic rings. The summed E-state index contributed by atoms with van der Waals surface area (Å²) in [5.74, 6) is 0.436. The van der Waals surface area contributed by atoms with Gasteiger partial charge in [-0.1, -0.05) is 12.1 Å². The molecule has 4 rings (SSSR count). The van der Waals surface area contributed by atoms with Crippen molar-refractivity contribution in [1.29, 1.82) is 0 Å². The third-order valence-corrected chi connectivity index (χ3v) is 6.65. The molecule has 1 aromatic carbocycles. The fraction of sp³-hybridized carbons (Fsp3) is 0.409. The molecule has 0 aliphatic heterocycles. The summed E-state index contributed by atoms with van der Waals surface area (Å²) >= 11 is 3.59. The summed E-state index contributed by atoms with van der Waals surface area (Å²) in [7, 11) is 1.64. The predicted octanol–water partition coefficient (Wildman–Crippen LogP) is 4.12. The van der Waals surface area contributed by atoms with E-state index in [0.29, 0.717) is 37.5 Å². The Morgan fingerprint density at radius 3 is 2.58 bits per heavy atom. The zero-order valence-electron chi connectivity index (χ0n) is 17.3. The van der Waals surface area contributed by atoms with Gasteiger partial charge in [0.25, 0.3) is 0 Å². The lowest BCUT2D eigenvalue weighted by Gasteiger charge is -2.26. The molecule has 8 nitrogen and oxygen atoms in total. The monoisotopic (exact) mass is 488 g/mol. The maximum absolute atomic E-state index is 11.3. The van der Waals surface area contributed by atoms with Crippen molar-refractivity contribution in [3.63, 3.8) is 0 Å². The first-order chi connectivity index (χ1) is 15.0. The van der Waals surface area contributed by atoms with E-state index < -0.39 is 5.97 Å². The minimum Gasteiger partial charge on any atom is -0.491 e.